The molecule has 0 unspecified atom stereocenters. The molecule has 0 aromatic rings. The van der Waals surface area contributed by atoms with Crippen molar-refractivity contribution in [1.82, 2.24) is 0 Å². The van der Waals surface area contributed by atoms with Gasteiger partial charge >= 0.3 is 0 Å². The molecule has 1 heteroatoms. The molecule has 0 radical (unpaired) electrons. The number of hydrogen-bond donors (Lipinski definition) is 0. The normalized spacial score (nSPS) is 9.64. The Morgan fingerprint density at radius 1 is 1.27 bits per heavy atom. The Bertz CT molecular complexity index is 121. The van der Waals surface area contributed by atoms with E-state index in [1.807, 2.05) is 52.0 Å². The largest absolute Gasteiger partial charge is 0.0988 e. The van der Waals surface area contributed by atoms with Gasteiger partial charge in [-0.05, 0) is 13.8 Å². The van der Waals surface area contributed by atoms with Crippen LogP contribution in [-0.4, -0.2) is 0 Å². The minimum Gasteiger partial charge on any atom is -0.0988 e. The van der Waals surface area contributed by atoms with Crippen LogP contribution in [0.3, 0.4) is 0 Å². The van der Waals surface area contributed by atoms with Gasteiger partial charge < -0.3 is 0 Å². The number of hydrogen-bond acceptors (Lipinski definition) is 0. The van der Waals surface area contributed by atoms with Gasteiger partial charge in [-0.3, -0.25) is 0 Å². The number of allylic oxidation sites excluding steroid dienone is 5. The summed E-state index contributed by atoms with van der Waals surface area (Å²) in [6.45, 7) is 11.6. The molecular weight excluding hydrogens is 358 g/mol. The zero-order valence-electron chi connectivity index (χ0n) is 8.02. The SMILES string of the molecule is C=C/C(C)=C\C=C/C.CC.[U]. The molecule has 11 heavy (non-hydrogen) atoms. The summed E-state index contributed by atoms with van der Waals surface area (Å²) < 4.78 is 0. The van der Waals surface area contributed by atoms with Gasteiger partial charge in [0.2, 0.25) is 0 Å². The van der Waals surface area contributed by atoms with Gasteiger partial charge in [0.1, 0.15) is 0 Å². The Kier molecular flexibility index (Phi) is 26.4. The molecule has 0 rings (SSSR count). The van der Waals surface area contributed by atoms with Crippen LogP contribution in [0.1, 0.15) is 27.7 Å². The van der Waals surface area contributed by atoms with Crippen molar-refractivity contribution in [2.45, 2.75) is 27.7 Å². The molecular formula is C10H18U. The molecule has 0 atom stereocenters. The summed E-state index contributed by atoms with van der Waals surface area (Å²) in [6.07, 6.45) is 7.84. The average Bonchev–Trinajstić information content (AvgIpc) is 2.04. The monoisotopic (exact) mass is 376 g/mol. The molecule has 0 bridgehead atoms. The van der Waals surface area contributed by atoms with E-state index in [9.17, 15) is 0 Å². The van der Waals surface area contributed by atoms with Gasteiger partial charge in [-0.2, -0.15) is 0 Å². The fraction of sp³-hybridized carbons (Fsp3) is 0.400. The molecule has 0 aromatic heterocycles. The van der Waals surface area contributed by atoms with Gasteiger partial charge in [-0.15, -0.1) is 0 Å². The van der Waals surface area contributed by atoms with E-state index in [2.05, 4.69) is 6.58 Å². The van der Waals surface area contributed by atoms with E-state index in [1.165, 1.54) is 5.57 Å². The quantitative estimate of drug-likeness (QED) is 0.645. The van der Waals surface area contributed by atoms with E-state index in [0.29, 0.717) is 0 Å². The van der Waals surface area contributed by atoms with Crippen LogP contribution in [0.15, 0.2) is 36.5 Å². The Morgan fingerprint density at radius 2 is 1.73 bits per heavy atom. The molecule has 0 fully saturated rings. The van der Waals surface area contributed by atoms with Crippen LogP contribution in [0.2, 0.25) is 0 Å². The van der Waals surface area contributed by atoms with Crippen molar-refractivity contribution in [1.29, 1.82) is 0 Å². The van der Waals surface area contributed by atoms with Crippen LogP contribution in [0.25, 0.3) is 0 Å². The van der Waals surface area contributed by atoms with Crippen molar-refractivity contribution < 1.29 is 31.1 Å². The molecule has 0 aliphatic carbocycles. The van der Waals surface area contributed by atoms with Crippen LogP contribution >= 0.6 is 0 Å². The Balaban J connectivity index is -0.000000196. The van der Waals surface area contributed by atoms with Crippen LogP contribution < -0.4 is 0 Å². The zero-order valence-corrected chi connectivity index (χ0v) is 12.2. The molecule has 0 amide bonds. The van der Waals surface area contributed by atoms with E-state index >= 15 is 0 Å². The summed E-state index contributed by atoms with van der Waals surface area (Å²) in [4.78, 5) is 0. The molecule has 0 aliphatic heterocycles. The first-order valence-corrected chi connectivity index (χ1v) is 3.73. The Morgan fingerprint density at radius 3 is 2.00 bits per heavy atom. The maximum absolute atomic E-state index is 3.61. The van der Waals surface area contributed by atoms with Crippen LogP contribution in [0.4, 0.5) is 0 Å². The molecule has 0 aromatic carbocycles. The van der Waals surface area contributed by atoms with E-state index in [1.54, 1.807) is 0 Å². The fourth-order valence-corrected chi connectivity index (χ4v) is 0.316. The molecule has 0 N–H and O–H groups in total. The third-order valence-electron chi connectivity index (χ3n) is 0.874. The second-order valence-electron chi connectivity index (χ2n) is 1.64. The minimum absolute atomic E-state index is 0. The van der Waals surface area contributed by atoms with Gasteiger partial charge in [0, 0.05) is 31.1 Å². The van der Waals surface area contributed by atoms with Crippen molar-refractivity contribution in [3.05, 3.63) is 36.5 Å². The molecule has 0 nitrogen and oxygen atoms in total. The maximum Gasteiger partial charge on any atom is 0 e. The second kappa shape index (κ2) is 16.7. The Hall–Kier alpha value is 0.272. The Labute approximate surface area is 94.8 Å². The predicted molar refractivity (Wildman–Crippen MR) is 50.1 cm³/mol. The van der Waals surface area contributed by atoms with Crippen molar-refractivity contribution in [2.24, 2.45) is 0 Å². The van der Waals surface area contributed by atoms with E-state index in [4.69, 9.17) is 0 Å². The summed E-state index contributed by atoms with van der Waals surface area (Å²) in [5.41, 5.74) is 1.20. The van der Waals surface area contributed by atoms with Crippen LogP contribution in [0, 0.1) is 31.1 Å². The van der Waals surface area contributed by atoms with Crippen LogP contribution in [-0.2, 0) is 0 Å². The maximum atomic E-state index is 3.61. The van der Waals surface area contributed by atoms with Crippen molar-refractivity contribution in [2.75, 3.05) is 0 Å². The molecule has 0 spiro atoms. The van der Waals surface area contributed by atoms with E-state index in [0.717, 1.165) is 0 Å². The number of rotatable bonds is 2. The van der Waals surface area contributed by atoms with E-state index in [-0.39, 0.29) is 31.1 Å². The third kappa shape index (κ3) is 17.9. The van der Waals surface area contributed by atoms with Crippen molar-refractivity contribution in [3.63, 3.8) is 0 Å². The second-order valence-corrected chi connectivity index (χ2v) is 1.64. The standard InChI is InChI=1S/C8H12.C2H6.U/c1-4-6-7-8(3)5-2;1-2;/h4-7H,2H2,1,3H3;1-2H3;/b6-4-,8-7-;;. The zero-order chi connectivity index (χ0) is 8.41. The predicted octanol–water partition coefficient (Wildman–Crippen LogP) is 3.72. The molecule has 0 saturated carbocycles. The first-order valence-electron chi connectivity index (χ1n) is 3.73. The summed E-state index contributed by atoms with van der Waals surface area (Å²) in [5, 5.41) is 0. The van der Waals surface area contributed by atoms with Gasteiger partial charge in [-0.25, -0.2) is 0 Å². The first-order chi connectivity index (χ1) is 4.81. The van der Waals surface area contributed by atoms with Crippen LogP contribution in [0.5, 0.6) is 0 Å². The fourth-order valence-electron chi connectivity index (χ4n) is 0.316. The van der Waals surface area contributed by atoms with Gasteiger partial charge in [0.15, 0.2) is 0 Å². The summed E-state index contributed by atoms with van der Waals surface area (Å²) in [6, 6.07) is 0. The molecule has 62 valence electrons. The smallest absolute Gasteiger partial charge is 0 e. The van der Waals surface area contributed by atoms with Crippen molar-refractivity contribution >= 4 is 0 Å². The summed E-state index contributed by atoms with van der Waals surface area (Å²) in [5.74, 6) is 0. The van der Waals surface area contributed by atoms with Gasteiger partial charge in [0.25, 0.3) is 0 Å². The van der Waals surface area contributed by atoms with Gasteiger partial charge in [0.05, 0.1) is 0 Å². The average molecular weight is 376 g/mol. The molecule has 0 saturated heterocycles. The minimum atomic E-state index is 0. The topological polar surface area (TPSA) is 0 Å². The van der Waals surface area contributed by atoms with E-state index < -0.39 is 0 Å². The van der Waals surface area contributed by atoms with Crippen molar-refractivity contribution in [3.8, 4) is 0 Å². The third-order valence-corrected chi connectivity index (χ3v) is 0.874. The molecule has 0 heterocycles. The summed E-state index contributed by atoms with van der Waals surface area (Å²) in [7, 11) is 0. The summed E-state index contributed by atoms with van der Waals surface area (Å²) >= 11 is 0. The first kappa shape index (κ1) is 17.4. The van der Waals surface area contributed by atoms with Gasteiger partial charge in [-0.1, -0.05) is 50.3 Å². The molecule has 0 aliphatic rings.